The molecule has 1 fully saturated rings. The van der Waals surface area contributed by atoms with Crippen molar-refractivity contribution in [1.82, 2.24) is 9.88 Å². The third-order valence-corrected chi connectivity index (χ3v) is 4.94. The molecule has 2 heterocycles. The number of aromatic nitrogens is 1. The lowest BCUT2D eigenvalue weighted by molar-refractivity contribution is 0.0750. The number of aromatic hydroxyl groups is 1. The van der Waals surface area contributed by atoms with Gasteiger partial charge in [0.1, 0.15) is 10.6 Å². The lowest BCUT2D eigenvalue weighted by Gasteiger charge is -2.36. The summed E-state index contributed by atoms with van der Waals surface area (Å²) in [7, 11) is 0. The summed E-state index contributed by atoms with van der Waals surface area (Å²) in [6.45, 7) is 6.83. The topological polar surface area (TPSA) is 56.7 Å². The van der Waals surface area contributed by atoms with Gasteiger partial charge in [0.05, 0.1) is 10.7 Å². The van der Waals surface area contributed by atoms with E-state index in [1.165, 1.54) is 11.3 Å². The molecule has 0 saturated carbocycles. The number of aryl methyl sites for hydroxylation is 2. The Bertz CT molecular complexity index is 673. The van der Waals surface area contributed by atoms with E-state index >= 15 is 0 Å². The Labute approximate surface area is 133 Å². The fourth-order valence-corrected chi connectivity index (χ4v) is 3.59. The molecule has 5 nitrogen and oxygen atoms in total. The Morgan fingerprint density at radius 1 is 1.14 bits per heavy atom. The first kappa shape index (κ1) is 14.8. The number of piperazine rings is 1. The highest BCUT2D eigenvalue weighted by atomic mass is 32.1. The van der Waals surface area contributed by atoms with E-state index in [1.54, 1.807) is 12.1 Å². The highest BCUT2D eigenvalue weighted by Gasteiger charge is 2.25. The third-order valence-electron chi connectivity index (χ3n) is 3.88. The van der Waals surface area contributed by atoms with Crippen LogP contribution in [0.5, 0.6) is 5.75 Å². The summed E-state index contributed by atoms with van der Waals surface area (Å²) in [5.74, 6) is 0.363. The third kappa shape index (κ3) is 2.92. The van der Waals surface area contributed by atoms with Crippen molar-refractivity contribution in [3.63, 3.8) is 0 Å². The molecule has 0 aliphatic carbocycles. The molecule has 22 heavy (non-hydrogen) atoms. The zero-order valence-electron chi connectivity index (χ0n) is 12.7. The smallest absolute Gasteiger partial charge is 0.265 e. The van der Waals surface area contributed by atoms with Crippen molar-refractivity contribution in [3.8, 4) is 5.75 Å². The summed E-state index contributed by atoms with van der Waals surface area (Å²) in [5.41, 5.74) is 1.91. The molecule has 0 bridgehead atoms. The second-order valence-electron chi connectivity index (χ2n) is 5.44. The Balaban J connectivity index is 1.65. The van der Waals surface area contributed by atoms with Crippen LogP contribution in [0.15, 0.2) is 24.3 Å². The molecule has 116 valence electrons. The first-order chi connectivity index (χ1) is 10.5. The number of amides is 1. The molecule has 1 aliphatic rings. The van der Waals surface area contributed by atoms with Gasteiger partial charge in [0, 0.05) is 31.9 Å². The monoisotopic (exact) mass is 317 g/mol. The average molecular weight is 317 g/mol. The van der Waals surface area contributed by atoms with Crippen molar-refractivity contribution in [2.75, 3.05) is 31.1 Å². The number of hydrogen-bond donors (Lipinski definition) is 1. The van der Waals surface area contributed by atoms with E-state index in [4.69, 9.17) is 0 Å². The summed E-state index contributed by atoms with van der Waals surface area (Å²) in [6, 6.07) is 7.19. The lowest BCUT2D eigenvalue weighted by Crippen LogP contribution is -2.48. The predicted octanol–water partition coefficient (Wildman–Crippen LogP) is 2.43. The van der Waals surface area contributed by atoms with Crippen molar-refractivity contribution >= 4 is 22.9 Å². The van der Waals surface area contributed by atoms with E-state index in [-0.39, 0.29) is 11.7 Å². The van der Waals surface area contributed by atoms with Gasteiger partial charge in [-0.05, 0) is 38.1 Å². The second-order valence-corrected chi connectivity index (χ2v) is 6.65. The molecular weight excluding hydrogens is 298 g/mol. The number of benzene rings is 1. The van der Waals surface area contributed by atoms with Crippen LogP contribution in [0.25, 0.3) is 0 Å². The largest absolute Gasteiger partial charge is 0.508 e. The maximum absolute atomic E-state index is 12.6. The quantitative estimate of drug-likeness (QED) is 0.924. The zero-order chi connectivity index (χ0) is 15.7. The van der Waals surface area contributed by atoms with Crippen molar-refractivity contribution in [3.05, 3.63) is 39.8 Å². The minimum absolute atomic E-state index is 0.0912. The van der Waals surface area contributed by atoms with E-state index in [0.29, 0.717) is 13.1 Å². The minimum atomic E-state index is 0.0912. The molecule has 0 spiro atoms. The molecule has 2 aromatic rings. The molecule has 1 aliphatic heterocycles. The molecule has 1 N–H and O–H groups in total. The molecule has 6 heteroatoms. The summed E-state index contributed by atoms with van der Waals surface area (Å²) >= 11 is 1.47. The van der Waals surface area contributed by atoms with E-state index in [9.17, 15) is 9.90 Å². The van der Waals surface area contributed by atoms with Gasteiger partial charge in [0.15, 0.2) is 0 Å². The Morgan fingerprint density at radius 3 is 2.32 bits per heavy atom. The first-order valence-electron chi connectivity index (χ1n) is 7.32. The SMILES string of the molecule is Cc1nc(C)c(C(=O)N2CCN(c3ccc(O)cc3)CC2)s1. The van der Waals surface area contributed by atoms with Crippen LogP contribution < -0.4 is 4.90 Å². The highest BCUT2D eigenvalue weighted by Crippen LogP contribution is 2.22. The van der Waals surface area contributed by atoms with Gasteiger partial charge in [-0.2, -0.15) is 0 Å². The molecular formula is C16H19N3O2S. The molecule has 0 unspecified atom stereocenters. The van der Waals surface area contributed by atoms with Gasteiger partial charge in [0.2, 0.25) is 0 Å². The van der Waals surface area contributed by atoms with Crippen molar-refractivity contribution < 1.29 is 9.90 Å². The van der Waals surface area contributed by atoms with Crippen LogP contribution in [0, 0.1) is 13.8 Å². The number of rotatable bonds is 2. The molecule has 3 rings (SSSR count). The number of carbonyl (C=O) groups excluding carboxylic acids is 1. The van der Waals surface area contributed by atoms with Gasteiger partial charge >= 0.3 is 0 Å². The number of nitrogens with zero attached hydrogens (tertiary/aromatic N) is 3. The van der Waals surface area contributed by atoms with E-state index in [0.717, 1.165) is 34.4 Å². The molecule has 1 saturated heterocycles. The number of phenols is 1. The van der Waals surface area contributed by atoms with Gasteiger partial charge in [-0.25, -0.2) is 4.98 Å². The summed E-state index contributed by atoms with van der Waals surface area (Å²) in [4.78, 5) is 21.8. The number of thiazole rings is 1. The molecule has 0 atom stereocenters. The molecule has 1 aromatic carbocycles. The van der Waals surface area contributed by atoms with Crippen molar-refractivity contribution in [1.29, 1.82) is 0 Å². The second kappa shape index (κ2) is 5.96. The van der Waals surface area contributed by atoms with Crippen LogP contribution in [0.4, 0.5) is 5.69 Å². The number of anilines is 1. The molecule has 1 amide bonds. The number of phenolic OH excluding ortho intramolecular Hbond substituents is 1. The van der Waals surface area contributed by atoms with Crippen LogP contribution in [0.3, 0.4) is 0 Å². The zero-order valence-corrected chi connectivity index (χ0v) is 13.6. The fourth-order valence-electron chi connectivity index (χ4n) is 2.70. The average Bonchev–Trinajstić information content (AvgIpc) is 2.86. The number of carbonyl (C=O) groups is 1. The highest BCUT2D eigenvalue weighted by molar-refractivity contribution is 7.13. The van der Waals surface area contributed by atoms with Crippen molar-refractivity contribution in [2.24, 2.45) is 0 Å². The van der Waals surface area contributed by atoms with Crippen LogP contribution >= 0.6 is 11.3 Å². The van der Waals surface area contributed by atoms with Crippen LogP contribution in [0.2, 0.25) is 0 Å². The Hall–Kier alpha value is -2.08. The van der Waals surface area contributed by atoms with Gasteiger partial charge in [-0.15, -0.1) is 11.3 Å². The van der Waals surface area contributed by atoms with Gasteiger partial charge in [0.25, 0.3) is 5.91 Å². The van der Waals surface area contributed by atoms with Crippen LogP contribution in [-0.4, -0.2) is 47.1 Å². The normalized spacial score (nSPS) is 15.2. The Kier molecular flexibility index (Phi) is 4.02. The fraction of sp³-hybridized carbons (Fsp3) is 0.375. The standard InChI is InChI=1S/C16H19N3O2S/c1-11-15(22-12(2)17-11)16(21)19-9-7-18(8-10-19)13-3-5-14(20)6-4-13/h3-6,20H,7-10H2,1-2H3. The van der Waals surface area contributed by atoms with Gasteiger partial charge < -0.3 is 14.9 Å². The van der Waals surface area contributed by atoms with Gasteiger partial charge in [-0.3, -0.25) is 4.79 Å². The van der Waals surface area contributed by atoms with E-state index in [1.807, 2.05) is 30.9 Å². The van der Waals surface area contributed by atoms with Crippen LogP contribution in [0.1, 0.15) is 20.4 Å². The minimum Gasteiger partial charge on any atom is -0.508 e. The lowest BCUT2D eigenvalue weighted by atomic mass is 10.2. The summed E-state index contributed by atoms with van der Waals surface area (Å²) < 4.78 is 0. The Morgan fingerprint density at radius 2 is 1.77 bits per heavy atom. The summed E-state index contributed by atoms with van der Waals surface area (Å²) in [6.07, 6.45) is 0. The number of hydrogen-bond acceptors (Lipinski definition) is 5. The van der Waals surface area contributed by atoms with Gasteiger partial charge in [-0.1, -0.05) is 0 Å². The van der Waals surface area contributed by atoms with E-state index < -0.39 is 0 Å². The van der Waals surface area contributed by atoms with Crippen molar-refractivity contribution in [2.45, 2.75) is 13.8 Å². The van der Waals surface area contributed by atoms with E-state index in [2.05, 4.69) is 9.88 Å². The predicted molar refractivity (Wildman–Crippen MR) is 87.8 cm³/mol. The maximum atomic E-state index is 12.6. The van der Waals surface area contributed by atoms with Crippen LogP contribution in [-0.2, 0) is 0 Å². The molecule has 0 radical (unpaired) electrons. The first-order valence-corrected chi connectivity index (χ1v) is 8.13. The maximum Gasteiger partial charge on any atom is 0.265 e. The molecule has 1 aromatic heterocycles. The summed E-state index contributed by atoms with van der Waals surface area (Å²) in [5, 5.41) is 10.3.